The summed E-state index contributed by atoms with van der Waals surface area (Å²) in [4.78, 5) is 19.2. The molecule has 6 nitrogen and oxygen atoms in total. The van der Waals surface area contributed by atoms with E-state index in [9.17, 15) is 4.79 Å². The van der Waals surface area contributed by atoms with Crippen molar-refractivity contribution in [3.63, 3.8) is 0 Å². The lowest BCUT2D eigenvalue weighted by Gasteiger charge is -2.23. The van der Waals surface area contributed by atoms with Crippen LogP contribution >= 0.6 is 0 Å². The van der Waals surface area contributed by atoms with Gasteiger partial charge in [-0.2, -0.15) is 0 Å². The molecule has 0 aliphatic heterocycles. The van der Waals surface area contributed by atoms with Crippen LogP contribution in [0.15, 0.2) is 42.7 Å². The summed E-state index contributed by atoms with van der Waals surface area (Å²) in [5.74, 6) is 1.47. The molecule has 1 atom stereocenters. The first kappa shape index (κ1) is 16.9. The number of para-hydroxylation sites is 1. The van der Waals surface area contributed by atoms with E-state index >= 15 is 0 Å². The number of amides is 1. The van der Waals surface area contributed by atoms with Crippen molar-refractivity contribution in [1.29, 1.82) is 0 Å². The number of carbonyl (C=O) groups excluding carboxylic acids is 1. The molecule has 2 rings (SSSR count). The number of nitrogens with one attached hydrogen (secondary N) is 2. The molecule has 1 aromatic heterocycles. The fourth-order valence-electron chi connectivity index (χ4n) is 2.01. The highest BCUT2D eigenvalue weighted by molar-refractivity contribution is 5.68. The molecule has 0 fully saturated rings. The summed E-state index contributed by atoms with van der Waals surface area (Å²) in [7, 11) is 0. The second-order valence-corrected chi connectivity index (χ2v) is 6.12. The Morgan fingerprint density at radius 2 is 2.04 bits per heavy atom. The van der Waals surface area contributed by atoms with Gasteiger partial charge in [0.2, 0.25) is 0 Å². The van der Waals surface area contributed by atoms with Crippen LogP contribution in [0.4, 0.5) is 4.79 Å². The summed E-state index contributed by atoms with van der Waals surface area (Å²) in [5.41, 5.74) is -0.543. The zero-order valence-corrected chi connectivity index (χ0v) is 13.7. The molecule has 124 valence electrons. The first-order valence-electron chi connectivity index (χ1n) is 7.61. The van der Waals surface area contributed by atoms with E-state index in [1.165, 1.54) is 0 Å². The standard InChI is InChI=1S/C17H23N3O3/c1-17(2,3)23-16(21)20-14(15-18-10-11-19-15)9-12-22-13-7-5-4-6-8-13/h4-8,10-11,14H,9,12H2,1-3H3,(H,18,19)(H,20,21). The molecule has 6 heteroatoms. The summed E-state index contributed by atoms with van der Waals surface area (Å²) in [6.07, 6.45) is 3.47. The minimum atomic E-state index is -0.543. The third-order valence-corrected chi connectivity index (χ3v) is 2.96. The minimum absolute atomic E-state index is 0.302. The smallest absolute Gasteiger partial charge is 0.408 e. The third-order valence-electron chi connectivity index (χ3n) is 2.96. The molecule has 0 saturated carbocycles. The number of imidazole rings is 1. The van der Waals surface area contributed by atoms with E-state index in [1.54, 1.807) is 12.4 Å². The normalized spacial score (nSPS) is 12.5. The maximum atomic E-state index is 12.0. The molecule has 0 saturated heterocycles. The van der Waals surface area contributed by atoms with E-state index < -0.39 is 11.7 Å². The SMILES string of the molecule is CC(C)(C)OC(=O)NC(CCOc1ccccc1)c1ncc[nH]1. The van der Waals surface area contributed by atoms with Gasteiger partial charge < -0.3 is 19.8 Å². The van der Waals surface area contributed by atoms with Gasteiger partial charge >= 0.3 is 6.09 Å². The van der Waals surface area contributed by atoms with Crippen molar-refractivity contribution in [2.45, 2.75) is 38.8 Å². The molecular weight excluding hydrogens is 294 g/mol. The summed E-state index contributed by atoms with van der Waals surface area (Å²) < 4.78 is 11.0. The maximum Gasteiger partial charge on any atom is 0.408 e. The van der Waals surface area contributed by atoms with Gasteiger partial charge in [0.05, 0.1) is 12.6 Å². The average molecular weight is 317 g/mol. The Kier molecular flexibility index (Phi) is 5.62. The molecule has 0 bridgehead atoms. The lowest BCUT2D eigenvalue weighted by molar-refractivity contribution is 0.0495. The molecule has 1 amide bonds. The topological polar surface area (TPSA) is 76.2 Å². The van der Waals surface area contributed by atoms with E-state index in [1.807, 2.05) is 51.1 Å². The summed E-state index contributed by atoms with van der Waals surface area (Å²) in [6.45, 7) is 5.93. The molecule has 1 aromatic carbocycles. The molecule has 0 spiro atoms. The number of rotatable bonds is 6. The first-order chi connectivity index (χ1) is 10.9. The Bertz CT molecular complexity index is 591. The number of nitrogens with zero attached hydrogens (tertiary/aromatic N) is 1. The van der Waals surface area contributed by atoms with Crippen LogP contribution < -0.4 is 10.1 Å². The lowest BCUT2D eigenvalue weighted by atomic mass is 10.2. The Labute approximate surface area is 136 Å². The molecular formula is C17H23N3O3. The maximum absolute atomic E-state index is 12.0. The number of aromatic amines is 1. The minimum Gasteiger partial charge on any atom is -0.494 e. The Balaban J connectivity index is 1.91. The predicted molar refractivity (Wildman–Crippen MR) is 87.3 cm³/mol. The van der Waals surface area contributed by atoms with Crippen LogP contribution in [0.5, 0.6) is 5.75 Å². The van der Waals surface area contributed by atoms with Crippen molar-refractivity contribution in [2.75, 3.05) is 6.61 Å². The van der Waals surface area contributed by atoms with Crippen molar-refractivity contribution in [2.24, 2.45) is 0 Å². The molecule has 2 N–H and O–H groups in total. The number of aromatic nitrogens is 2. The van der Waals surface area contributed by atoms with Crippen LogP contribution in [0.2, 0.25) is 0 Å². The van der Waals surface area contributed by atoms with Gasteiger partial charge in [-0.15, -0.1) is 0 Å². The highest BCUT2D eigenvalue weighted by Gasteiger charge is 2.21. The van der Waals surface area contributed by atoms with Crippen molar-refractivity contribution in [3.8, 4) is 5.75 Å². The van der Waals surface area contributed by atoms with E-state index in [-0.39, 0.29) is 6.04 Å². The molecule has 1 heterocycles. The molecule has 0 aliphatic carbocycles. The number of alkyl carbamates (subject to hydrolysis) is 1. The van der Waals surface area contributed by atoms with E-state index in [0.29, 0.717) is 18.9 Å². The predicted octanol–water partition coefficient (Wildman–Crippen LogP) is 3.44. The Hall–Kier alpha value is -2.50. The molecule has 2 aromatic rings. The Morgan fingerprint density at radius 1 is 1.30 bits per heavy atom. The monoisotopic (exact) mass is 317 g/mol. The van der Waals surface area contributed by atoms with Crippen LogP contribution in [0.25, 0.3) is 0 Å². The summed E-state index contributed by atoms with van der Waals surface area (Å²) in [6, 6.07) is 9.24. The van der Waals surface area contributed by atoms with Gasteiger partial charge in [0.25, 0.3) is 0 Å². The number of ether oxygens (including phenoxy) is 2. The molecule has 23 heavy (non-hydrogen) atoms. The number of hydrogen-bond donors (Lipinski definition) is 2. The van der Waals surface area contributed by atoms with Crippen LogP contribution in [0, 0.1) is 0 Å². The van der Waals surface area contributed by atoms with E-state index in [2.05, 4.69) is 15.3 Å². The molecule has 1 unspecified atom stereocenters. The largest absolute Gasteiger partial charge is 0.494 e. The lowest BCUT2D eigenvalue weighted by Crippen LogP contribution is -2.36. The van der Waals surface area contributed by atoms with Gasteiger partial charge in [-0.1, -0.05) is 18.2 Å². The molecule has 0 radical (unpaired) electrons. The summed E-state index contributed by atoms with van der Waals surface area (Å²) in [5, 5.41) is 2.83. The van der Waals surface area contributed by atoms with Gasteiger partial charge in [-0.25, -0.2) is 9.78 Å². The summed E-state index contributed by atoms with van der Waals surface area (Å²) >= 11 is 0. The first-order valence-corrected chi connectivity index (χ1v) is 7.61. The zero-order chi connectivity index (χ0) is 16.7. The fourth-order valence-corrected chi connectivity index (χ4v) is 2.01. The highest BCUT2D eigenvalue weighted by atomic mass is 16.6. The van der Waals surface area contributed by atoms with Gasteiger partial charge in [0.15, 0.2) is 0 Å². The average Bonchev–Trinajstić information content (AvgIpc) is 2.99. The molecule has 0 aliphatic rings. The van der Waals surface area contributed by atoms with Crippen LogP contribution in [-0.2, 0) is 4.74 Å². The van der Waals surface area contributed by atoms with Crippen molar-refractivity contribution >= 4 is 6.09 Å². The van der Waals surface area contributed by atoms with Crippen molar-refractivity contribution < 1.29 is 14.3 Å². The van der Waals surface area contributed by atoms with Crippen molar-refractivity contribution in [1.82, 2.24) is 15.3 Å². The van der Waals surface area contributed by atoms with Crippen LogP contribution in [-0.4, -0.2) is 28.3 Å². The highest BCUT2D eigenvalue weighted by Crippen LogP contribution is 2.16. The van der Waals surface area contributed by atoms with Crippen LogP contribution in [0.3, 0.4) is 0 Å². The fraction of sp³-hybridized carbons (Fsp3) is 0.412. The number of H-pyrrole nitrogens is 1. The van der Waals surface area contributed by atoms with E-state index in [4.69, 9.17) is 9.47 Å². The second kappa shape index (κ2) is 7.67. The van der Waals surface area contributed by atoms with Gasteiger partial charge in [-0.3, -0.25) is 0 Å². The number of hydrogen-bond acceptors (Lipinski definition) is 4. The van der Waals surface area contributed by atoms with Gasteiger partial charge in [0, 0.05) is 18.8 Å². The van der Waals surface area contributed by atoms with E-state index in [0.717, 1.165) is 5.75 Å². The quantitative estimate of drug-likeness (QED) is 0.855. The number of carbonyl (C=O) groups is 1. The number of benzene rings is 1. The van der Waals surface area contributed by atoms with Crippen molar-refractivity contribution in [3.05, 3.63) is 48.5 Å². The van der Waals surface area contributed by atoms with Gasteiger partial charge in [-0.05, 0) is 32.9 Å². The zero-order valence-electron chi connectivity index (χ0n) is 13.7. The second-order valence-electron chi connectivity index (χ2n) is 6.12. The Morgan fingerprint density at radius 3 is 2.65 bits per heavy atom. The van der Waals surface area contributed by atoms with Crippen LogP contribution in [0.1, 0.15) is 39.1 Å². The van der Waals surface area contributed by atoms with Gasteiger partial charge in [0.1, 0.15) is 17.2 Å². The third kappa shape index (κ3) is 6.02.